The number of carbonyl (C=O) groups is 3. The predicted molar refractivity (Wildman–Crippen MR) is 138 cm³/mol. The van der Waals surface area contributed by atoms with Gasteiger partial charge in [0.25, 0.3) is 0 Å². The van der Waals surface area contributed by atoms with Crippen LogP contribution in [0.4, 0.5) is 4.79 Å². The number of rotatable bonds is 7. The van der Waals surface area contributed by atoms with E-state index in [4.69, 9.17) is 5.11 Å². The second-order valence-electron chi connectivity index (χ2n) is 9.55. The fraction of sp³-hybridized carbons (Fsp3) is 0.370. The summed E-state index contributed by atoms with van der Waals surface area (Å²) < 4.78 is 1.12. The highest BCUT2D eigenvalue weighted by atomic mass is 32.1. The van der Waals surface area contributed by atoms with E-state index in [0.29, 0.717) is 25.4 Å². The number of piperidine rings is 1. The topological polar surface area (TPSA) is 98.7 Å². The molecule has 3 N–H and O–H groups in total. The van der Waals surface area contributed by atoms with Crippen molar-refractivity contribution in [3.05, 3.63) is 71.1 Å². The fourth-order valence-electron chi connectivity index (χ4n) is 4.65. The Labute approximate surface area is 209 Å². The summed E-state index contributed by atoms with van der Waals surface area (Å²) in [5.74, 6) is -0.254. The number of fused-ring (bicyclic) bond motifs is 1. The molecule has 1 fully saturated rings. The van der Waals surface area contributed by atoms with Crippen LogP contribution < -0.4 is 10.6 Å². The zero-order chi connectivity index (χ0) is 25.0. The molecule has 7 nitrogen and oxygen atoms in total. The molecule has 184 valence electrons. The van der Waals surface area contributed by atoms with Crippen LogP contribution in [-0.4, -0.2) is 52.6 Å². The standard InChI is InChI=1S/C27H31N3O4S/c1-27(2,29-26(33)34)25(32)28-22(16-20-17-35-23-11-7-6-10-21(20)23)24(31)30-14-12-19(13-15-30)18-8-4-3-5-9-18/h3-11,17,19,22,29H,12-16H2,1-2H3,(H,28,32)(H,33,34). The third kappa shape index (κ3) is 5.82. The Morgan fingerprint density at radius 1 is 1.06 bits per heavy atom. The number of hydrogen-bond acceptors (Lipinski definition) is 4. The maximum Gasteiger partial charge on any atom is 0.405 e. The third-order valence-corrected chi connectivity index (χ3v) is 7.67. The quantitative estimate of drug-likeness (QED) is 0.455. The zero-order valence-corrected chi connectivity index (χ0v) is 20.8. The molecule has 3 amide bonds. The van der Waals surface area contributed by atoms with E-state index in [1.165, 1.54) is 19.4 Å². The molecule has 2 heterocycles. The van der Waals surface area contributed by atoms with Crippen LogP contribution in [0, 0.1) is 0 Å². The van der Waals surface area contributed by atoms with Crippen molar-refractivity contribution in [2.45, 2.75) is 50.6 Å². The van der Waals surface area contributed by atoms with Crippen molar-refractivity contribution in [1.29, 1.82) is 0 Å². The Morgan fingerprint density at radius 2 is 1.71 bits per heavy atom. The third-order valence-electron chi connectivity index (χ3n) is 6.65. The summed E-state index contributed by atoms with van der Waals surface area (Å²) in [4.78, 5) is 39.7. The molecule has 2 aromatic carbocycles. The number of carboxylic acid groups (broad SMARTS) is 1. The molecule has 0 bridgehead atoms. The number of nitrogens with zero attached hydrogens (tertiary/aromatic N) is 1. The van der Waals surface area contributed by atoms with Crippen molar-refractivity contribution in [2.75, 3.05) is 13.1 Å². The summed E-state index contributed by atoms with van der Waals surface area (Å²) in [6.07, 6.45) is 0.782. The summed E-state index contributed by atoms with van der Waals surface area (Å²) in [7, 11) is 0. The van der Waals surface area contributed by atoms with Gasteiger partial charge in [-0.3, -0.25) is 9.59 Å². The highest BCUT2D eigenvalue weighted by molar-refractivity contribution is 7.17. The summed E-state index contributed by atoms with van der Waals surface area (Å²) in [6, 6.07) is 17.5. The van der Waals surface area contributed by atoms with Gasteiger partial charge in [-0.25, -0.2) is 4.79 Å². The van der Waals surface area contributed by atoms with E-state index < -0.39 is 23.6 Å². The van der Waals surface area contributed by atoms with Crippen LogP contribution in [0.5, 0.6) is 0 Å². The molecule has 1 atom stereocenters. The molecule has 0 aliphatic carbocycles. The molecule has 1 aliphatic heterocycles. The number of benzene rings is 2. The molecule has 1 aromatic heterocycles. The van der Waals surface area contributed by atoms with Gasteiger partial charge in [0.1, 0.15) is 11.6 Å². The fourth-order valence-corrected chi connectivity index (χ4v) is 5.63. The SMILES string of the molecule is CC(C)(NC(=O)O)C(=O)NC(Cc1csc2ccccc12)C(=O)N1CCC(c2ccccc2)CC1. The van der Waals surface area contributed by atoms with Crippen LogP contribution in [0.25, 0.3) is 10.1 Å². The number of amides is 3. The van der Waals surface area contributed by atoms with E-state index in [1.54, 1.807) is 11.3 Å². The molecule has 35 heavy (non-hydrogen) atoms. The largest absolute Gasteiger partial charge is 0.465 e. The van der Waals surface area contributed by atoms with Crippen molar-refractivity contribution < 1.29 is 19.5 Å². The molecule has 1 aliphatic rings. The summed E-state index contributed by atoms with van der Waals surface area (Å²) in [5, 5.41) is 17.3. The van der Waals surface area contributed by atoms with Gasteiger partial charge in [0, 0.05) is 24.2 Å². The molecule has 1 unspecified atom stereocenters. The van der Waals surface area contributed by atoms with Gasteiger partial charge in [0.15, 0.2) is 0 Å². The maximum absolute atomic E-state index is 13.7. The number of thiophene rings is 1. The van der Waals surface area contributed by atoms with Gasteiger partial charge >= 0.3 is 6.09 Å². The molecule has 1 saturated heterocycles. The molecule has 0 radical (unpaired) electrons. The molecular weight excluding hydrogens is 462 g/mol. The van der Waals surface area contributed by atoms with Crippen molar-refractivity contribution in [3.63, 3.8) is 0 Å². The van der Waals surface area contributed by atoms with E-state index in [-0.39, 0.29) is 5.91 Å². The zero-order valence-electron chi connectivity index (χ0n) is 20.0. The van der Waals surface area contributed by atoms with Gasteiger partial charge in [-0.2, -0.15) is 0 Å². The van der Waals surface area contributed by atoms with E-state index >= 15 is 0 Å². The lowest BCUT2D eigenvalue weighted by atomic mass is 9.89. The minimum Gasteiger partial charge on any atom is -0.465 e. The lowest BCUT2D eigenvalue weighted by Crippen LogP contribution is -2.60. The van der Waals surface area contributed by atoms with Gasteiger partial charge in [0.05, 0.1) is 0 Å². The highest BCUT2D eigenvalue weighted by Crippen LogP contribution is 2.30. The van der Waals surface area contributed by atoms with Crippen LogP contribution in [0.2, 0.25) is 0 Å². The van der Waals surface area contributed by atoms with Gasteiger partial charge < -0.3 is 20.6 Å². The molecule has 0 spiro atoms. The van der Waals surface area contributed by atoms with E-state index in [9.17, 15) is 14.4 Å². The minimum atomic E-state index is -1.37. The highest BCUT2D eigenvalue weighted by Gasteiger charge is 2.35. The first-order chi connectivity index (χ1) is 16.7. The van der Waals surface area contributed by atoms with Gasteiger partial charge in [-0.05, 0) is 60.6 Å². The van der Waals surface area contributed by atoms with Crippen LogP contribution in [0.15, 0.2) is 60.0 Å². The molecule has 0 saturated carbocycles. The smallest absolute Gasteiger partial charge is 0.405 e. The Kier molecular flexibility index (Phi) is 7.40. The first-order valence-corrected chi connectivity index (χ1v) is 12.7. The molecule has 8 heteroatoms. The molecule has 3 aromatic rings. The molecule has 4 rings (SSSR count). The average molecular weight is 494 g/mol. The summed E-state index contributed by atoms with van der Waals surface area (Å²) in [5.41, 5.74) is 0.907. The molecular formula is C27H31N3O4S. The van der Waals surface area contributed by atoms with Crippen LogP contribution in [0.1, 0.15) is 43.7 Å². The normalized spacial score (nSPS) is 15.5. The number of hydrogen-bond donors (Lipinski definition) is 3. The second kappa shape index (κ2) is 10.5. The van der Waals surface area contributed by atoms with Gasteiger partial charge in [0.2, 0.25) is 11.8 Å². The van der Waals surface area contributed by atoms with Crippen molar-refractivity contribution in [2.24, 2.45) is 0 Å². The van der Waals surface area contributed by atoms with Crippen molar-refractivity contribution in [1.82, 2.24) is 15.5 Å². The average Bonchev–Trinajstić information content (AvgIpc) is 3.26. The summed E-state index contributed by atoms with van der Waals surface area (Å²) in [6.45, 7) is 4.21. The monoisotopic (exact) mass is 493 g/mol. The Balaban J connectivity index is 1.52. The predicted octanol–water partition coefficient (Wildman–Crippen LogP) is 4.38. The Bertz CT molecular complexity index is 1200. The van der Waals surface area contributed by atoms with E-state index in [1.807, 2.05) is 52.7 Å². The van der Waals surface area contributed by atoms with E-state index in [2.05, 4.69) is 22.8 Å². The lowest BCUT2D eigenvalue weighted by Gasteiger charge is -2.35. The lowest BCUT2D eigenvalue weighted by molar-refractivity contribution is -0.138. The van der Waals surface area contributed by atoms with Crippen LogP contribution in [0.3, 0.4) is 0 Å². The van der Waals surface area contributed by atoms with Crippen LogP contribution in [-0.2, 0) is 16.0 Å². The number of carbonyl (C=O) groups excluding carboxylic acids is 2. The number of nitrogens with one attached hydrogen (secondary N) is 2. The van der Waals surface area contributed by atoms with Gasteiger partial charge in [-0.15, -0.1) is 11.3 Å². The first-order valence-electron chi connectivity index (χ1n) is 11.9. The van der Waals surface area contributed by atoms with Gasteiger partial charge in [-0.1, -0.05) is 48.5 Å². The van der Waals surface area contributed by atoms with Crippen molar-refractivity contribution in [3.8, 4) is 0 Å². The van der Waals surface area contributed by atoms with E-state index in [0.717, 1.165) is 28.5 Å². The summed E-state index contributed by atoms with van der Waals surface area (Å²) >= 11 is 1.61. The number of likely N-dealkylation sites (tertiary alicyclic amines) is 1. The maximum atomic E-state index is 13.7. The minimum absolute atomic E-state index is 0.133. The first kappa shape index (κ1) is 24.7. The van der Waals surface area contributed by atoms with Crippen LogP contribution >= 0.6 is 11.3 Å². The second-order valence-corrected chi connectivity index (χ2v) is 10.5. The Hall–Kier alpha value is -3.39. The Morgan fingerprint density at radius 3 is 2.40 bits per heavy atom. The van der Waals surface area contributed by atoms with Crippen molar-refractivity contribution >= 4 is 39.3 Å².